The molecule has 0 bridgehead atoms. The Morgan fingerprint density at radius 1 is 1.57 bits per heavy atom. The Morgan fingerprint density at radius 2 is 2.36 bits per heavy atom. The second-order valence-electron chi connectivity index (χ2n) is 3.79. The SMILES string of the molecule is CCCC[C@H](N)C(=O)N1CC=CCC1. The highest BCUT2D eigenvalue weighted by Gasteiger charge is 2.19. The van der Waals surface area contributed by atoms with Crippen LogP contribution in [-0.4, -0.2) is 29.9 Å². The molecule has 0 saturated carbocycles. The van der Waals surface area contributed by atoms with Crippen molar-refractivity contribution in [1.29, 1.82) is 0 Å². The number of nitrogens with two attached hydrogens (primary N) is 1. The Bertz CT molecular complexity index is 213. The van der Waals surface area contributed by atoms with Crippen molar-refractivity contribution in [3.63, 3.8) is 0 Å². The summed E-state index contributed by atoms with van der Waals surface area (Å²) in [7, 11) is 0. The molecule has 80 valence electrons. The van der Waals surface area contributed by atoms with E-state index in [4.69, 9.17) is 5.73 Å². The number of unbranched alkanes of at least 4 members (excludes halogenated alkanes) is 1. The van der Waals surface area contributed by atoms with Gasteiger partial charge in [0.15, 0.2) is 0 Å². The molecule has 0 spiro atoms. The third-order valence-electron chi connectivity index (χ3n) is 2.56. The Kier molecular flexibility index (Phi) is 4.66. The lowest BCUT2D eigenvalue weighted by molar-refractivity contribution is -0.132. The molecule has 0 aromatic rings. The van der Waals surface area contributed by atoms with Crippen LogP contribution in [0, 0.1) is 0 Å². The minimum Gasteiger partial charge on any atom is -0.337 e. The molecule has 1 rings (SSSR count). The Hall–Kier alpha value is -0.830. The van der Waals surface area contributed by atoms with Gasteiger partial charge in [-0.25, -0.2) is 0 Å². The molecular formula is C11H20N2O. The fourth-order valence-electron chi connectivity index (χ4n) is 1.62. The third-order valence-corrected chi connectivity index (χ3v) is 2.56. The molecule has 1 aliphatic rings. The first-order valence-corrected chi connectivity index (χ1v) is 5.45. The van der Waals surface area contributed by atoms with E-state index in [2.05, 4.69) is 13.0 Å². The number of carbonyl (C=O) groups excluding carboxylic acids is 1. The zero-order valence-corrected chi connectivity index (χ0v) is 8.91. The first-order valence-electron chi connectivity index (χ1n) is 5.45. The van der Waals surface area contributed by atoms with E-state index in [-0.39, 0.29) is 11.9 Å². The summed E-state index contributed by atoms with van der Waals surface area (Å²) in [6, 6.07) is -0.290. The molecule has 3 heteroatoms. The molecule has 0 aromatic heterocycles. The molecule has 3 nitrogen and oxygen atoms in total. The summed E-state index contributed by atoms with van der Waals surface area (Å²) in [4.78, 5) is 13.6. The van der Waals surface area contributed by atoms with Gasteiger partial charge in [-0.3, -0.25) is 4.79 Å². The normalized spacial score (nSPS) is 18.3. The Balaban J connectivity index is 2.35. The highest BCUT2D eigenvalue weighted by atomic mass is 16.2. The standard InChI is InChI=1S/C11H20N2O/c1-2-3-7-10(12)11(14)13-8-5-4-6-9-13/h4-5,10H,2-3,6-9,12H2,1H3/t10-/m0/s1. The van der Waals surface area contributed by atoms with Gasteiger partial charge in [-0.05, 0) is 12.8 Å². The molecule has 0 fully saturated rings. The molecule has 1 aliphatic heterocycles. The Morgan fingerprint density at radius 3 is 2.93 bits per heavy atom. The largest absolute Gasteiger partial charge is 0.337 e. The maximum absolute atomic E-state index is 11.8. The molecule has 0 radical (unpaired) electrons. The molecular weight excluding hydrogens is 176 g/mol. The zero-order valence-electron chi connectivity index (χ0n) is 8.91. The van der Waals surface area contributed by atoms with E-state index in [1.165, 1.54) is 0 Å². The van der Waals surface area contributed by atoms with Gasteiger partial charge in [-0.15, -0.1) is 0 Å². The monoisotopic (exact) mass is 196 g/mol. The average Bonchev–Trinajstić information content (AvgIpc) is 2.26. The van der Waals surface area contributed by atoms with Gasteiger partial charge in [-0.1, -0.05) is 31.9 Å². The fourth-order valence-corrected chi connectivity index (χ4v) is 1.62. The van der Waals surface area contributed by atoms with Crippen LogP contribution >= 0.6 is 0 Å². The van der Waals surface area contributed by atoms with Crippen molar-refractivity contribution in [2.24, 2.45) is 5.73 Å². The minimum absolute atomic E-state index is 0.114. The summed E-state index contributed by atoms with van der Waals surface area (Å²) in [5.41, 5.74) is 5.82. The van der Waals surface area contributed by atoms with E-state index in [1.807, 2.05) is 11.0 Å². The number of nitrogens with zero attached hydrogens (tertiary/aromatic N) is 1. The van der Waals surface area contributed by atoms with E-state index in [0.29, 0.717) is 0 Å². The smallest absolute Gasteiger partial charge is 0.239 e. The quantitative estimate of drug-likeness (QED) is 0.689. The van der Waals surface area contributed by atoms with Gasteiger partial charge in [0.2, 0.25) is 5.91 Å². The molecule has 0 aromatic carbocycles. The lowest BCUT2D eigenvalue weighted by Crippen LogP contribution is -2.45. The molecule has 0 saturated heterocycles. The lowest BCUT2D eigenvalue weighted by atomic mass is 10.1. The van der Waals surface area contributed by atoms with Gasteiger partial charge in [0, 0.05) is 13.1 Å². The van der Waals surface area contributed by atoms with Crippen molar-refractivity contribution < 1.29 is 4.79 Å². The predicted octanol–water partition coefficient (Wildman–Crippen LogP) is 1.29. The van der Waals surface area contributed by atoms with Crippen molar-refractivity contribution in [1.82, 2.24) is 4.90 Å². The predicted molar refractivity (Wildman–Crippen MR) is 57.8 cm³/mol. The maximum Gasteiger partial charge on any atom is 0.239 e. The highest BCUT2D eigenvalue weighted by molar-refractivity contribution is 5.81. The third kappa shape index (κ3) is 3.14. The number of carbonyl (C=O) groups is 1. The summed E-state index contributed by atoms with van der Waals surface area (Å²) in [5, 5.41) is 0. The van der Waals surface area contributed by atoms with Crippen LogP contribution < -0.4 is 5.73 Å². The highest BCUT2D eigenvalue weighted by Crippen LogP contribution is 2.06. The van der Waals surface area contributed by atoms with Gasteiger partial charge in [0.05, 0.1) is 6.04 Å². The van der Waals surface area contributed by atoms with E-state index in [9.17, 15) is 4.79 Å². The van der Waals surface area contributed by atoms with Crippen LogP contribution in [0.5, 0.6) is 0 Å². The Labute approximate surface area is 86.0 Å². The van der Waals surface area contributed by atoms with E-state index in [1.54, 1.807) is 0 Å². The van der Waals surface area contributed by atoms with Crippen LogP contribution in [0.15, 0.2) is 12.2 Å². The second-order valence-corrected chi connectivity index (χ2v) is 3.79. The van der Waals surface area contributed by atoms with E-state index in [0.717, 1.165) is 38.8 Å². The summed E-state index contributed by atoms with van der Waals surface area (Å²) < 4.78 is 0. The van der Waals surface area contributed by atoms with Crippen LogP contribution in [0.25, 0.3) is 0 Å². The van der Waals surface area contributed by atoms with Crippen molar-refractivity contribution in [3.05, 3.63) is 12.2 Å². The summed E-state index contributed by atoms with van der Waals surface area (Å²) in [5.74, 6) is 0.114. The maximum atomic E-state index is 11.8. The van der Waals surface area contributed by atoms with Crippen molar-refractivity contribution in [2.75, 3.05) is 13.1 Å². The first kappa shape index (κ1) is 11.2. The number of amides is 1. The van der Waals surface area contributed by atoms with Crippen LogP contribution in [0.4, 0.5) is 0 Å². The number of hydrogen-bond acceptors (Lipinski definition) is 2. The molecule has 0 unspecified atom stereocenters. The van der Waals surface area contributed by atoms with Gasteiger partial charge >= 0.3 is 0 Å². The van der Waals surface area contributed by atoms with Crippen LogP contribution in [-0.2, 0) is 4.79 Å². The van der Waals surface area contributed by atoms with Crippen molar-refractivity contribution in [3.8, 4) is 0 Å². The molecule has 0 aliphatic carbocycles. The van der Waals surface area contributed by atoms with Crippen LogP contribution in [0.3, 0.4) is 0 Å². The first-order chi connectivity index (χ1) is 6.75. The van der Waals surface area contributed by atoms with Gasteiger partial charge in [0.1, 0.15) is 0 Å². The van der Waals surface area contributed by atoms with Gasteiger partial charge < -0.3 is 10.6 Å². The van der Waals surface area contributed by atoms with Gasteiger partial charge in [-0.2, -0.15) is 0 Å². The zero-order chi connectivity index (χ0) is 10.4. The number of rotatable bonds is 4. The van der Waals surface area contributed by atoms with Crippen molar-refractivity contribution >= 4 is 5.91 Å². The summed E-state index contributed by atoms with van der Waals surface area (Å²) in [6.45, 7) is 3.68. The fraction of sp³-hybridized carbons (Fsp3) is 0.727. The molecule has 1 amide bonds. The average molecular weight is 196 g/mol. The summed E-state index contributed by atoms with van der Waals surface area (Å²) >= 11 is 0. The molecule has 2 N–H and O–H groups in total. The van der Waals surface area contributed by atoms with E-state index < -0.39 is 0 Å². The van der Waals surface area contributed by atoms with Crippen LogP contribution in [0.1, 0.15) is 32.6 Å². The molecule has 1 atom stereocenters. The summed E-state index contributed by atoms with van der Waals surface area (Å²) in [6.07, 6.45) is 8.06. The molecule has 14 heavy (non-hydrogen) atoms. The minimum atomic E-state index is -0.290. The topological polar surface area (TPSA) is 46.3 Å². The molecule has 1 heterocycles. The van der Waals surface area contributed by atoms with Crippen LogP contribution in [0.2, 0.25) is 0 Å². The second kappa shape index (κ2) is 5.81. The number of hydrogen-bond donors (Lipinski definition) is 1. The van der Waals surface area contributed by atoms with E-state index >= 15 is 0 Å². The lowest BCUT2D eigenvalue weighted by Gasteiger charge is -2.26. The van der Waals surface area contributed by atoms with Gasteiger partial charge in [0.25, 0.3) is 0 Å². The van der Waals surface area contributed by atoms with Crippen molar-refractivity contribution in [2.45, 2.75) is 38.6 Å².